The minimum absolute atomic E-state index is 0.560. The summed E-state index contributed by atoms with van der Waals surface area (Å²) < 4.78 is 5.08. The number of thiazole rings is 1. The van der Waals surface area contributed by atoms with Crippen molar-refractivity contribution in [1.29, 1.82) is 0 Å². The normalized spacial score (nSPS) is 10.7. The van der Waals surface area contributed by atoms with Crippen LogP contribution in [0, 0.1) is 0 Å². The highest BCUT2D eigenvalue weighted by Crippen LogP contribution is 2.14. The molecule has 80 valence electrons. The van der Waals surface area contributed by atoms with Crippen molar-refractivity contribution < 1.29 is 4.52 Å². The SMILES string of the molecule is CCCNCc1nc(-c2cscn2)no1. The van der Waals surface area contributed by atoms with Gasteiger partial charge in [0.2, 0.25) is 11.7 Å². The molecular weight excluding hydrogens is 212 g/mol. The molecule has 0 spiro atoms. The third-order valence-corrected chi connectivity index (χ3v) is 2.42. The third-order valence-electron chi connectivity index (χ3n) is 1.83. The van der Waals surface area contributed by atoms with Crippen molar-refractivity contribution in [3.05, 3.63) is 16.8 Å². The Morgan fingerprint density at radius 2 is 2.47 bits per heavy atom. The largest absolute Gasteiger partial charge is 0.337 e. The highest BCUT2D eigenvalue weighted by molar-refractivity contribution is 7.07. The summed E-state index contributed by atoms with van der Waals surface area (Å²) in [7, 11) is 0. The maximum atomic E-state index is 5.08. The van der Waals surface area contributed by atoms with Gasteiger partial charge in [0.15, 0.2) is 0 Å². The van der Waals surface area contributed by atoms with Gasteiger partial charge in [0.1, 0.15) is 5.69 Å². The van der Waals surface area contributed by atoms with E-state index >= 15 is 0 Å². The van der Waals surface area contributed by atoms with Crippen molar-refractivity contribution in [3.63, 3.8) is 0 Å². The summed E-state index contributed by atoms with van der Waals surface area (Å²) in [6.07, 6.45) is 1.09. The second kappa shape index (κ2) is 4.99. The van der Waals surface area contributed by atoms with E-state index in [4.69, 9.17) is 4.52 Å². The van der Waals surface area contributed by atoms with Crippen LogP contribution < -0.4 is 5.32 Å². The topological polar surface area (TPSA) is 63.8 Å². The molecule has 0 aliphatic rings. The highest BCUT2D eigenvalue weighted by Gasteiger charge is 2.08. The van der Waals surface area contributed by atoms with Crippen LogP contribution in [0.1, 0.15) is 19.2 Å². The van der Waals surface area contributed by atoms with Crippen LogP contribution in [0.4, 0.5) is 0 Å². The van der Waals surface area contributed by atoms with Gasteiger partial charge in [-0.15, -0.1) is 11.3 Å². The summed E-state index contributed by atoms with van der Waals surface area (Å²) in [6, 6.07) is 0. The van der Waals surface area contributed by atoms with Crippen LogP contribution in [0.15, 0.2) is 15.4 Å². The molecular formula is C9H12N4OS. The Kier molecular flexibility index (Phi) is 3.41. The molecule has 0 aliphatic heterocycles. The van der Waals surface area contributed by atoms with Gasteiger partial charge in [-0.2, -0.15) is 4.98 Å². The minimum atomic E-state index is 0.560. The molecule has 0 fully saturated rings. The van der Waals surface area contributed by atoms with E-state index < -0.39 is 0 Å². The molecule has 0 aromatic carbocycles. The van der Waals surface area contributed by atoms with Crippen molar-refractivity contribution in [2.24, 2.45) is 0 Å². The van der Waals surface area contributed by atoms with Gasteiger partial charge < -0.3 is 9.84 Å². The zero-order valence-corrected chi connectivity index (χ0v) is 9.25. The first-order chi connectivity index (χ1) is 7.40. The Labute approximate surface area is 91.5 Å². The quantitative estimate of drug-likeness (QED) is 0.783. The molecule has 2 rings (SSSR count). The molecule has 0 bridgehead atoms. The fraction of sp³-hybridized carbons (Fsp3) is 0.444. The van der Waals surface area contributed by atoms with Crippen LogP contribution in [0.3, 0.4) is 0 Å². The van der Waals surface area contributed by atoms with Gasteiger partial charge in [-0.3, -0.25) is 0 Å². The molecule has 6 heteroatoms. The molecule has 15 heavy (non-hydrogen) atoms. The molecule has 2 aromatic rings. The molecule has 0 unspecified atom stereocenters. The van der Waals surface area contributed by atoms with Gasteiger partial charge in [-0.25, -0.2) is 4.98 Å². The van der Waals surface area contributed by atoms with Gasteiger partial charge in [0.25, 0.3) is 0 Å². The number of hydrogen-bond acceptors (Lipinski definition) is 6. The maximum Gasteiger partial charge on any atom is 0.240 e. The van der Waals surface area contributed by atoms with E-state index in [2.05, 4.69) is 27.4 Å². The molecule has 5 nitrogen and oxygen atoms in total. The number of hydrogen-bond donors (Lipinski definition) is 1. The molecule has 2 aromatic heterocycles. The summed E-state index contributed by atoms with van der Waals surface area (Å²) in [5.74, 6) is 1.16. The Morgan fingerprint density at radius 1 is 1.53 bits per heavy atom. The molecule has 0 amide bonds. The number of rotatable bonds is 5. The summed E-state index contributed by atoms with van der Waals surface area (Å²) in [6.45, 7) is 3.68. The Hall–Kier alpha value is -1.27. The zero-order valence-electron chi connectivity index (χ0n) is 8.43. The van der Waals surface area contributed by atoms with Crippen molar-refractivity contribution in [1.82, 2.24) is 20.4 Å². The van der Waals surface area contributed by atoms with E-state index in [0.29, 0.717) is 18.3 Å². The lowest BCUT2D eigenvalue weighted by Gasteiger charge is -1.95. The van der Waals surface area contributed by atoms with E-state index in [-0.39, 0.29) is 0 Å². The molecule has 0 radical (unpaired) electrons. The molecule has 1 N–H and O–H groups in total. The first kappa shape index (κ1) is 10.3. The summed E-state index contributed by atoms with van der Waals surface area (Å²) in [4.78, 5) is 8.34. The zero-order chi connectivity index (χ0) is 10.5. The van der Waals surface area contributed by atoms with Crippen molar-refractivity contribution in [2.75, 3.05) is 6.54 Å². The Balaban J connectivity index is 1.98. The predicted molar refractivity (Wildman–Crippen MR) is 57.4 cm³/mol. The summed E-state index contributed by atoms with van der Waals surface area (Å²) >= 11 is 1.52. The van der Waals surface area contributed by atoms with Crippen LogP contribution >= 0.6 is 11.3 Å². The number of nitrogens with one attached hydrogen (secondary N) is 1. The molecule has 0 saturated carbocycles. The highest BCUT2D eigenvalue weighted by atomic mass is 32.1. The lowest BCUT2D eigenvalue weighted by molar-refractivity contribution is 0.368. The molecule has 0 saturated heterocycles. The standard InChI is InChI=1S/C9H12N4OS/c1-2-3-10-4-8-12-9(13-14-8)7-5-15-6-11-7/h5-6,10H,2-4H2,1H3. The Bertz CT molecular complexity index is 398. The van der Waals surface area contributed by atoms with Gasteiger partial charge in [-0.05, 0) is 13.0 Å². The van der Waals surface area contributed by atoms with Crippen molar-refractivity contribution in [2.45, 2.75) is 19.9 Å². The third kappa shape index (κ3) is 2.60. The first-order valence-electron chi connectivity index (χ1n) is 4.82. The minimum Gasteiger partial charge on any atom is -0.337 e. The van der Waals surface area contributed by atoms with Crippen LogP contribution in [-0.4, -0.2) is 21.7 Å². The predicted octanol–water partition coefficient (Wildman–Crippen LogP) is 1.69. The van der Waals surface area contributed by atoms with Crippen LogP contribution in [0.5, 0.6) is 0 Å². The lowest BCUT2D eigenvalue weighted by atomic mass is 10.4. The van der Waals surface area contributed by atoms with Crippen LogP contribution in [0.2, 0.25) is 0 Å². The van der Waals surface area contributed by atoms with E-state index in [1.54, 1.807) is 5.51 Å². The van der Waals surface area contributed by atoms with Crippen molar-refractivity contribution in [3.8, 4) is 11.5 Å². The van der Waals surface area contributed by atoms with E-state index in [1.165, 1.54) is 11.3 Å². The van der Waals surface area contributed by atoms with E-state index in [1.807, 2.05) is 5.38 Å². The second-order valence-electron chi connectivity index (χ2n) is 3.06. The fourth-order valence-electron chi connectivity index (χ4n) is 1.13. The molecule has 2 heterocycles. The van der Waals surface area contributed by atoms with Crippen LogP contribution in [0.25, 0.3) is 11.5 Å². The van der Waals surface area contributed by atoms with Crippen LogP contribution in [-0.2, 0) is 6.54 Å². The maximum absolute atomic E-state index is 5.08. The average Bonchev–Trinajstić information content (AvgIpc) is 2.87. The van der Waals surface area contributed by atoms with Gasteiger partial charge in [-0.1, -0.05) is 12.1 Å². The smallest absolute Gasteiger partial charge is 0.240 e. The van der Waals surface area contributed by atoms with E-state index in [0.717, 1.165) is 18.7 Å². The molecule has 0 atom stereocenters. The first-order valence-corrected chi connectivity index (χ1v) is 5.76. The van der Waals surface area contributed by atoms with Gasteiger partial charge in [0.05, 0.1) is 12.1 Å². The Morgan fingerprint density at radius 3 is 3.20 bits per heavy atom. The monoisotopic (exact) mass is 224 g/mol. The fourth-order valence-corrected chi connectivity index (χ4v) is 1.66. The lowest BCUT2D eigenvalue weighted by Crippen LogP contribution is -2.13. The number of aromatic nitrogens is 3. The average molecular weight is 224 g/mol. The van der Waals surface area contributed by atoms with Gasteiger partial charge >= 0.3 is 0 Å². The summed E-state index contributed by atoms with van der Waals surface area (Å²) in [5, 5.41) is 8.95. The molecule has 0 aliphatic carbocycles. The van der Waals surface area contributed by atoms with Crippen molar-refractivity contribution >= 4 is 11.3 Å². The second-order valence-corrected chi connectivity index (χ2v) is 3.78. The van der Waals surface area contributed by atoms with Gasteiger partial charge in [0, 0.05) is 5.38 Å². The number of nitrogens with zero attached hydrogens (tertiary/aromatic N) is 3. The van der Waals surface area contributed by atoms with E-state index in [9.17, 15) is 0 Å². The summed E-state index contributed by atoms with van der Waals surface area (Å²) in [5.41, 5.74) is 2.52.